The Labute approximate surface area is 354 Å². The molecule has 0 unspecified atom stereocenters. The number of para-hydroxylation sites is 1. The SMILES string of the molecule is CN1C(=O)[C@H](CCCCN)CC(=O)[C@H](CCCN)NCc2cccnc2Sc2c(Cl)cc(-c3cncc(S(C)(=O)=O)c3)cc2CNC(=O)[C@@H]1Cc1c[nH]c2ccccc12. The van der Waals surface area contributed by atoms with Crippen LogP contribution in [0, 0.1) is 5.92 Å². The smallest absolute Gasteiger partial charge is 0.243 e. The van der Waals surface area contributed by atoms with Crippen LogP contribution < -0.4 is 22.1 Å². The number of nitrogens with two attached hydrogens (primary N) is 2. The number of benzene rings is 2. The molecule has 4 heterocycles. The van der Waals surface area contributed by atoms with Crippen LogP contribution in [0.15, 0.2) is 94.2 Å². The highest BCUT2D eigenvalue weighted by Gasteiger charge is 2.34. The summed E-state index contributed by atoms with van der Waals surface area (Å²) in [4.78, 5) is 57.8. The van der Waals surface area contributed by atoms with Crippen LogP contribution in [0.5, 0.6) is 0 Å². The molecule has 0 saturated carbocycles. The zero-order chi connectivity index (χ0) is 42.1. The highest BCUT2D eigenvalue weighted by atomic mass is 35.5. The fourth-order valence-electron chi connectivity index (χ4n) is 7.41. The van der Waals surface area contributed by atoms with Crippen molar-refractivity contribution in [2.24, 2.45) is 17.4 Å². The summed E-state index contributed by atoms with van der Waals surface area (Å²) >= 11 is 8.43. The van der Waals surface area contributed by atoms with E-state index in [2.05, 4.69) is 20.6 Å². The monoisotopic (exact) mass is 858 g/mol. The lowest BCUT2D eigenvalue weighted by Crippen LogP contribution is -2.51. The number of halogens is 1. The predicted molar refractivity (Wildman–Crippen MR) is 231 cm³/mol. The van der Waals surface area contributed by atoms with Crippen LogP contribution in [-0.4, -0.2) is 84.3 Å². The molecule has 16 heteroatoms. The second-order valence-electron chi connectivity index (χ2n) is 15.0. The van der Waals surface area contributed by atoms with E-state index in [1.807, 2.05) is 48.7 Å². The highest BCUT2D eigenvalue weighted by molar-refractivity contribution is 7.99. The van der Waals surface area contributed by atoms with E-state index in [9.17, 15) is 22.8 Å². The molecule has 1 aliphatic rings. The second kappa shape index (κ2) is 20.1. The van der Waals surface area contributed by atoms with Crippen LogP contribution in [0.25, 0.3) is 22.0 Å². The number of carbonyl (C=O) groups excluding carboxylic acids is 3. The van der Waals surface area contributed by atoms with Gasteiger partial charge in [0.2, 0.25) is 11.8 Å². The maximum absolute atomic E-state index is 14.6. The van der Waals surface area contributed by atoms with Gasteiger partial charge in [0.15, 0.2) is 15.6 Å². The number of carbonyl (C=O) groups is 3. The molecule has 7 N–H and O–H groups in total. The van der Waals surface area contributed by atoms with Gasteiger partial charge in [0.1, 0.15) is 11.1 Å². The summed E-state index contributed by atoms with van der Waals surface area (Å²) in [6.45, 7) is 1.18. The standard InChI is InChI=1S/C43H51ClN8O5S2/c1-52-38(20-31-24-49-36-12-4-3-11-34(31)36)41(54)51-25-32-17-29(30-18-33(26-47-22-30)59(2,56)57)19-35(44)40(32)58-42-28(10-8-16-48-42)23-50-37(13-7-15-46)39(53)21-27(43(52)55)9-5-6-14-45/h3-4,8,10-12,16-19,22,24,26-27,37-38,49-50H,5-7,9,13-15,20-21,23,25,45-46H2,1-2H3,(H,51,54)/t27-,37+,38+/m1/s1. The summed E-state index contributed by atoms with van der Waals surface area (Å²) < 4.78 is 24.9. The first-order valence-corrected chi connectivity index (χ1v) is 22.8. The van der Waals surface area contributed by atoms with Crippen molar-refractivity contribution < 1.29 is 22.8 Å². The number of unbranched alkanes of at least 4 members (excludes halogenated alkanes) is 1. The van der Waals surface area contributed by atoms with E-state index in [0.717, 1.165) is 28.3 Å². The number of Topliss-reactive ketones (excluding diaryl/α,β-unsaturated/α-hetero) is 1. The molecule has 312 valence electrons. The Hall–Kier alpha value is -4.64. The van der Waals surface area contributed by atoms with Crippen molar-refractivity contribution in [3.8, 4) is 11.1 Å². The van der Waals surface area contributed by atoms with Crippen molar-refractivity contribution in [1.82, 2.24) is 30.5 Å². The van der Waals surface area contributed by atoms with Crippen molar-refractivity contribution in [1.29, 1.82) is 0 Å². The quantitative estimate of drug-likeness (QED) is 0.106. The predicted octanol–water partition coefficient (Wildman–Crippen LogP) is 5.43. The molecule has 0 bridgehead atoms. The molecule has 59 heavy (non-hydrogen) atoms. The molecular formula is C43H51ClN8O5S2. The van der Waals surface area contributed by atoms with Crippen LogP contribution >= 0.6 is 23.4 Å². The Morgan fingerprint density at radius 2 is 1.73 bits per heavy atom. The molecule has 3 atom stereocenters. The van der Waals surface area contributed by atoms with Gasteiger partial charge in [-0.1, -0.05) is 54.0 Å². The topological polar surface area (TPSA) is 206 Å². The Morgan fingerprint density at radius 3 is 2.51 bits per heavy atom. The lowest BCUT2D eigenvalue weighted by atomic mass is 9.90. The maximum atomic E-state index is 14.6. The average Bonchev–Trinajstić information content (AvgIpc) is 3.64. The molecule has 0 radical (unpaired) electrons. The number of aromatic nitrogens is 3. The zero-order valence-corrected chi connectivity index (χ0v) is 35.6. The highest BCUT2D eigenvalue weighted by Crippen LogP contribution is 2.40. The van der Waals surface area contributed by atoms with E-state index in [-0.39, 0.29) is 36.0 Å². The van der Waals surface area contributed by atoms with E-state index in [1.54, 1.807) is 25.5 Å². The van der Waals surface area contributed by atoms with Gasteiger partial charge in [-0.2, -0.15) is 0 Å². The Bertz CT molecular complexity index is 2410. The van der Waals surface area contributed by atoms with E-state index in [1.165, 1.54) is 28.9 Å². The number of sulfone groups is 1. The number of H-pyrrole nitrogens is 1. The van der Waals surface area contributed by atoms with Crippen LogP contribution in [0.3, 0.4) is 0 Å². The largest absolute Gasteiger partial charge is 0.361 e. The number of ketones is 1. The summed E-state index contributed by atoms with van der Waals surface area (Å²) in [6.07, 6.45) is 10.6. The minimum Gasteiger partial charge on any atom is -0.361 e. The second-order valence-corrected chi connectivity index (χ2v) is 18.4. The van der Waals surface area contributed by atoms with E-state index < -0.39 is 33.7 Å². The number of hydrogen-bond acceptors (Lipinski definition) is 11. The number of fused-ring (bicyclic) bond motifs is 3. The first-order valence-electron chi connectivity index (χ1n) is 19.7. The molecule has 6 rings (SSSR count). The molecule has 5 aromatic rings. The normalized spacial score (nSPS) is 18.6. The van der Waals surface area contributed by atoms with Crippen molar-refractivity contribution in [2.45, 2.75) is 84.9 Å². The molecule has 13 nitrogen and oxygen atoms in total. The van der Waals surface area contributed by atoms with Gasteiger partial charge in [0.25, 0.3) is 0 Å². The van der Waals surface area contributed by atoms with E-state index in [0.29, 0.717) is 83.4 Å². The fraction of sp³-hybridized carbons (Fsp3) is 0.372. The van der Waals surface area contributed by atoms with Crippen LogP contribution in [0.2, 0.25) is 5.02 Å². The van der Waals surface area contributed by atoms with Crippen LogP contribution in [0.1, 0.15) is 55.2 Å². The third-order valence-electron chi connectivity index (χ3n) is 10.7. The lowest BCUT2D eigenvalue weighted by molar-refractivity contribution is -0.143. The molecule has 0 fully saturated rings. The number of nitrogens with zero attached hydrogens (tertiary/aromatic N) is 3. The number of likely N-dealkylation sites (N-methyl/N-ethyl adjacent to an activating group) is 1. The molecule has 1 aliphatic heterocycles. The maximum Gasteiger partial charge on any atom is 0.243 e. The summed E-state index contributed by atoms with van der Waals surface area (Å²) in [6, 6.07) is 15.1. The van der Waals surface area contributed by atoms with Gasteiger partial charge in [-0.05, 0) is 91.4 Å². The lowest BCUT2D eigenvalue weighted by Gasteiger charge is -2.31. The van der Waals surface area contributed by atoms with Gasteiger partial charge in [-0.25, -0.2) is 13.4 Å². The zero-order valence-electron chi connectivity index (χ0n) is 33.2. The molecule has 0 spiro atoms. The average molecular weight is 860 g/mol. The van der Waals surface area contributed by atoms with E-state index in [4.69, 9.17) is 28.1 Å². The van der Waals surface area contributed by atoms with Gasteiger partial charge >= 0.3 is 0 Å². The fourth-order valence-corrected chi connectivity index (χ4v) is 9.36. The molecule has 0 aliphatic carbocycles. The molecule has 3 aromatic heterocycles. The van der Waals surface area contributed by atoms with Gasteiger partial charge in [0.05, 0.1) is 16.0 Å². The van der Waals surface area contributed by atoms with Gasteiger partial charge < -0.3 is 32.0 Å². The third kappa shape index (κ3) is 11.0. The number of pyridine rings is 2. The van der Waals surface area contributed by atoms with Crippen LogP contribution in [-0.2, 0) is 43.7 Å². The van der Waals surface area contributed by atoms with Crippen molar-refractivity contribution in [3.63, 3.8) is 0 Å². The number of amides is 2. The minimum atomic E-state index is -3.56. The number of rotatable bonds is 11. The Morgan fingerprint density at radius 1 is 0.932 bits per heavy atom. The van der Waals surface area contributed by atoms with Crippen molar-refractivity contribution >= 4 is 61.7 Å². The van der Waals surface area contributed by atoms with Crippen molar-refractivity contribution in [3.05, 3.63) is 101 Å². The Balaban J connectivity index is 1.46. The molecule has 2 amide bonds. The van der Waals surface area contributed by atoms with Gasteiger partial charge in [-0.15, -0.1) is 0 Å². The number of hydrogen-bond donors (Lipinski definition) is 5. The number of aromatic amines is 1. The third-order valence-corrected chi connectivity index (χ3v) is 13.5. The Kier molecular flexibility index (Phi) is 14.9. The summed E-state index contributed by atoms with van der Waals surface area (Å²) in [5, 5.41) is 8.49. The molecule has 0 saturated heterocycles. The van der Waals surface area contributed by atoms with Crippen molar-refractivity contribution in [2.75, 3.05) is 26.4 Å². The molecular weight excluding hydrogens is 808 g/mol. The van der Waals surface area contributed by atoms with Gasteiger partial charge in [0, 0.05) is 91.3 Å². The summed E-state index contributed by atoms with van der Waals surface area (Å²) in [5.74, 6) is -1.49. The number of nitrogens with one attached hydrogen (secondary N) is 3. The first kappa shape index (κ1) is 43.9. The summed E-state index contributed by atoms with van der Waals surface area (Å²) in [7, 11) is -1.93. The minimum absolute atomic E-state index is 0.00866. The van der Waals surface area contributed by atoms with E-state index >= 15 is 0 Å². The first-order chi connectivity index (χ1) is 28.4. The van der Waals surface area contributed by atoms with Crippen LogP contribution in [0.4, 0.5) is 0 Å². The molecule has 2 aromatic carbocycles. The van der Waals surface area contributed by atoms with Gasteiger partial charge in [-0.3, -0.25) is 19.4 Å². The summed E-state index contributed by atoms with van der Waals surface area (Å²) in [5.41, 5.74) is 16.1.